The number of halogens is 1. The van der Waals surface area contributed by atoms with Crippen LogP contribution in [-0.4, -0.2) is 62.9 Å². The summed E-state index contributed by atoms with van der Waals surface area (Å²) >= 11 is 0. The molecule has 0 aliphatic carbocycles. The first-order chi connectivity index (χ1) is 11.5. The number of H-pyrrole nitrogens is 1. The van der Waals surface area contributed by atoms with Crippen LogP contribution in [0.15, 0.2) is 18.2 Å². The van der Waals surface area contributed by atoms with Crippen molar-refractivity contribution in [3.05, 3.63) is 29.8 Å². The Hall–Kier alpha value is -2.03. The summed E-state index contributed by atoms with van der Waals surface area (Å²) in [6.45, 7) is 0.226. The highest BCUT2D eigenvalue weighted by Gasteiger charge is 2.34. The normalized spacial score (nSPS) is 21.4. The lowest BCUT2D eigenvalue weighted by atomic mass is 9.94. The van der Waals surface area contributed by atoms with Crippen molar-refractivity contribution < 1.29 is 24.1 Å². The quantitative estimate of drug-likeness (QED) is 0.741. The van der Waals surface area contributed by atoms with Crippen molar-refractivity contribution in [1.82, 2.24) is 14.9 Å². The average molecular weight is 337 g/mol. The molecular weight excluding hydrogens is 317 g/mol. The third-order valence-corrected chi connectivity index (χ3v) is 4.16. The maximum Gasteiger partial charge on any atom is 0.248 e. The van der Waals surface area contributed by atoms with Gasteiger partial charge in [-0.15, -0.1) is 0 Å². The van der Waals surface area contributed by atoms with E-state index in [9.17, 15) is 19.4 Å². The van der Waals surface area contributed by atoms with Crippen molar-refractivity contribution in [3.8, 4) is 0 Å². The topological polar surface area (TPSA) is 98.7 Å². The zero-order chi connectivity index (χ0) is 17.2. The minimum Gasteiger partial charge on any atom is -0.393 e. The number of hydrogen-bond acceptors (Lipinski definition) is 5. The Morgan fingerprint density at radius 1 is 1.50 bits per heavy atom. The van der Waals surface area contributed by atoms with E-state index in [1.165, 1.54) is 17.0 Å². The largest absolute Gasteiger partial charge is 0.393 e. The molecule has 0 bridgehead atoms. The van der Waals surface area contributed by atoms with E-state index in [1.807, 2.05) is 0 Å². The van der Waals surface area contributed by atoms with Crippen molar-refractivity contribution in [2.24, 2.45) is 0 Å². The zero-order valence-electron chi connectivity index (χ0n) is 13.2. The number of aliphatic hydroxyl groups is 2. The first kappa shape index (κ1) is 16.8. The molecule has 1 aromatic heterocycles. The Morgan fingerprint density at radius 3 is 3.12 bits per heavy atom. The Morgan fingerprint density at radius 2 is 2.33 bits per heavy atom. The molecule has 1 saturated heterocycles. The number of fused-ring (bicyclic) bond motifs is 1. The second kappa shape index (κ2) is 6.84. The van der Waals surface area contributed by atoms with Crippen LogP contribution in [0, 0.1) is 5.82 Å². The van der Waals surface area contributed by atoms with E-state index in [2.05, 4.69) is 9.97 Å². The highest BCUT2D eigenvalue weighted by molar-refractivity contribution is 5.77. The van der Waals surface area contributed by atoms with E-state index in [-0.39, 0.29) is 38.1 Å². The molecule has 1 unspecified atom stereocenters. The lowest BCUT2D eigenvalue weighted by Gasteiger charge is -2.37. The lowest BCUT2D eigenvalue weighted by molar-refractivity contribution is -0.145. The number of nitrogens with zero attached hydrogens (tertiary/aromatic N) is 2. The lowest BCUT2D eigenvalue weighted by Crippen LogP contribution is -2.53. The van der Waals surface area contributed by atoms with E-state index >= 15 is 0 Å². The fraction of sp³-hybridized carbons (Fsp3) is 0.500. The van der Waals surface area contributed by atoms with E-state index in [0.717, 1.165) is 0 Å². The van der Waals surface area contributed by atoms with Crippen molar-refractivity contribution >= 4 is 16.9 Å². The van der Waals surface area contributed by atoms with Gasteiger partial charge in [0.25, 0.3) is 0 Å². The van der Waals surface area contributed by atoms with Crippen LogP contribution < -0.4 is 0 Å². The van der Waals surface area contributed by atoms with Crippen molar-refractivity contribution in [2.75, 3.05) is 26.3 Å². The Labute approximate surface area is 138 Å². The second-order valence-electron chi connectivity index (χ2n) is 6.14. The fourth-order valence-corrected chi connectivity index (χ4v) is 2.88. The molecule has 130 valence electrons. The number of rotatable bonds is 5. The van der Waals surface area contributed by atoms with Crippen LogP contribution >= 0.6 is 0 Å². The number of imidazole rings is 1. The van der Waals surface area contributed by atoms with E-state index in [4.69, 9.17) is 4.74 Å². The van der Waals surface area contributed by atoms with Crippen LogP contribution in [0.25, 0.3) is 11.0 Å². The smallest absolute Gasteiger partial charge is 0.248 e. The predicted molar refractivity (Wildman–Crippen MR) is 83.6 cm³/mol. The SMILES string of the molecule is O=C(COCc1nc2ccc(F)cc2[nH]1)N1CCCC(O)(CO)C1. The summed E-state index contributed by atoms with van der Waals surface area (Å²) in [7, 11) is 0. The molecular formula is C16H20FN3O4. The Bertz CT molecular complexity index is 735. The summed E-state index contributed by atoms with van der Waals surface area (Å²) < 4.78 is 18.5. The second-order valence-corrected chi connectivity index (χ2v) is 6.14. The van der Waals surface area contributed by atoms with Gasteiger partial charge in [-0.3, -0.25) is 4.79 Å². The van der Waals surface area contributed by atoms with Crippen LogP contribution in [0.2, 0.25) is 0 Å². The van der Waals surface area contributed by atoms with Gasteiger partial charge in [-0.25, -0.2) is 9.37 Å². The number of ether oxygens (including phenoxy) is 1. The zero-order valence-corrected chi connectivity index (χ0v) is 13.2. The molecule has 1 fully saturated rings. The number of amides is 1. The molecule has 1 amide bonds. The average Bonchev–Trinajstić information content (AvgIpc) is 2.96. The summed E-state index contributed by atoms with van der Waals surface area (Å²) in [4.78, 5) is 20.8. The summed E-state index contributed by atoms with van der Waals surface area (Å²) in [5.74, 6) is -0.0899. The number of aliphatic hydroxyl groups excluding tert-OH is 1. The number of β-amino-alcohol motifs (C(OH)–C–C–N with tert-alkyl or cyclic N) is 1. The van der Waals surface area contributed by atoms with Gasteiger partial charge in [0.15, 0.2) is 0 Å². The molecule has 8 heteroatoms. The molecule has 1 aromatic carbocycles. The summed E-state index contributed by atoms with van der Waals surface area (Å²) in [6, 6.07) is 4.25. The van der Waals surface area contributed by atoms with Crippen LogP contribution in [0.1, 0.15) is 18.7 Å². The minimum absolute atomic E-state index is 0.0974. The van der Waals surface area contributed by atoms with Gasteiger partial charge < -0.3 is 24.8 Å². The molecule has 1 atom stereocenters. The molecule has 0 saturated carbocycles. The number of benzene rings is 1. The maximum absolute atomic E-state index is 13.1. The van der Waals surface area contributed by atoms with Gasteiger partial charge in [-0.2, -0.15) is 0 Å². The number of nitrogens with one attached hydrogen (secondary N) is 1. The van der Waals surface area contributed by atoms with Gasteiger partial charge in [0.05, 0.1) is 24.2 Å². The van der Waals surface area contributed by atoms with Gasteiger partial charge in [-0.1, -0.05) is 0 Å². The highest BCUT2D eigenvalue weighted by atomic mass is 19.1. The first-order valence-corrected chi connectivity index (χ1v) is 7.82. The van der Waals surface area contributed by atoms with Crippen LogP contribution in [-0.2, 0) is 16.1 Å². The van der Waals surface area contributed by atoms with Crippen LogP contribution in [0.5, 0.6) is 0 Å². The number of aromatic amines is 1. The van der Waals surface area contributed by atoms with Crippen LogP contribution in [0.4, 0.5) is 4.39 Å². The maximum atomic E-state index is 13.1. The number of likely N-dealkylation sites (tertiary alicyclic amines) is 1. The minimum atomic E-state index is -1.23. The molecule has 3 N–H and O–H groups in total. The van der Waals surface area contributed by atoms with E-state index in [1.54, 1.807) is 6.07 Å². The predicted octanol–water partition coefficient (Wildman–Crippen LogP) is 0.564. The monoisotopic (exact) mass is 337 g/mol. The number of carbonyl (C=O) groups excluding carboxylic acids is 1. The molecule has 1 aliphatic rings. The fourth-order valence-electron chi connectivity index (χ4n) is 2.88. The van der Waals surface area contributed by atoms with Crippen molar-refractivity contribution in [2.45, 2.75) is 25.0 Å². The van der Waals surface area contributed by atoms with Crippen molar-refractivity contribution in [3.63, 3.8) is 0 Å². The summed E-state index contributed by atoms with van der Waals surface area (Å²) in [6.07, 6.45) is 1.11. The van der Waals surface area contributed by atoms with Gasteiger partial charge in [-0.05, 0) is 31.0 Å². The van der Waals surface area contributed by atoms with Gasteiger partial charge in [0, 0.05) is 6.54 Å². The Kier molecular flexibility index (Phi) is 4.79. The summed E-state index contributed by atoms with van der Waals surface area (Å²) in [5.41, 5.74) is -0.0224. The van der Waals surface area contributed by atoms with Crippen LogP contribution in [0.3, 0.4) is 0 Å². The Balaban J connectivity index is 1.52. The van der Waals surface area contributed by atoms with Crippen molar-refractivity contribution in [1.29, 1.82) is 0 Å². The molecule has 3 rings (SSSR count). The molecule has 0 spiro atoms. The van der Waals surface area contributed by atoms with Gasteiger partial charge in [0.2, 0.25) is 5.91 Å². The van der Waals surface area contributed by atoms with E-state index < -0.39 is 5.60 Å². The number of aromatic nitrogens is 2. The van der Waals surface area contributed by atoms with E-state index in [0.29, 0.717) is 36.2 Å². The summed E-state index contributed by atoms with van der Waals surface area (Å²) in [5, 5.41) is 19.3. The van der Waals surface area contributed by atoms with Gasteiger partial charge >= 0.3 is 0 Å². The molecule has 1 aliphatic heterocycles. The third kappa shape index (κ3) is 3.72. The molecule has 7 nitrogen and oxygen atoms in total. The molecule has 0 radical (unpaired) electrons. The number of hydrogen-bond donors (Lipinski definition) is 3. The molecule has 24 heavy (non-hydrogen) atoms. The highest BCUT2D eigenvalue weighted by Crippen LogP contribution is 2.20. The number of piperidine rings is 1. The standard InChI is InChI=1S/C16H20FN3O4/c17-11-2-3-12-13(6-11)19-14(18-12)7-24-8-15(22)20-5-1-4-16(23,9-20)10-21/h2-3,6,21,23H,1,4-5,7-10H2,(H,18,19). The molecule has 2 heterocycles. The van der Waals surface area contributed by atoms with Gasteiger partial charge in [0.1, 0.15) is 30.5 Å². The number of carbonyl (C=O) groups is 1. The molecule has 2 aromatic rings. The third-order valence-electron chi connectivity index (χ3n) is 4.16. The first-order valence-electron chi connectivity index (χ1n) is 7.82.